The van der Waals surface area contributed by atoms with Crippen molar-refractivity contribution in [3.05, 3.63) is 52.2 Å². The van der Waals surface area contributed by atoms with E-state index in [1.54, 1.807) is 35.7 Å². The summed E-state index contributed by atoms with van der Waals surface area (Å²) in [4.78, 5) is 26.9. The van der Waals surface area contributed by atoms with E-state index in [0.717, 1.165) is 0 Å². The Morgan fingerprint density at radius 2 is 2.05 bits per heavy atom. The van der Waals surface area contributed by atoms with E-state index in [2.05, 4.69) is 0 Å². The quantitative estimate of drug-likeness (QED) is 0.883. The maximum absolute atomic E-state index is 12.5. The second-order valence-corrected chi connectivity index (χ2v) is 5.95. The Bertz CT molecular complexity index is 695. The third kappa shape index (κ3) is 2.09. The van der Waals surface area contributed by atoms with Crippen molar-refractivity contribution in [3.63, 3.8) is 0 Å². The zero-order valence-electron chi connectivity index (χ0n) is 11.6. The van der Waals surface area contributed by atoms with E-state index in [9.17, 15) is 14.7 Å². The molecule has 1 aliphatic rings. The molecule has 108 valence electrons. The fourth-order valence-electron chi connectivity index (χ4n) is 2.75. The standard InChI is InChI=1S/C16H15NO3S/c1-2-17-12-7-4-3-6-11(12)16(20,15(17)19)10-13(18)14-8-5-9-21-14/h3-9,20H,2,10H2,1H3/t16-/m1/s1. The Hall–Kier alpha value is -1.98. The largest absolute Gasteiger partial charge is 0.375 e. The molecule has 1 aromatic heterocycles. The van der Waals surface area contributed by atoms with Crippen LogP contribution in [0.2, 0.25) is 0 Å². The lowest BCUT2D eigenvalue weighted by Gasteiger charge is -2.21. The van der Waals surface area contributed by atoms with Crippen molar-refractivity contribution in [2.45, 2.75) is 18.9 Å². The van der Waals surface area contributed by atoms with Crippen LogP contribution in [-0.4, -0.2) is 23.3 Å². The third-order valence-electron chi connectivity index (χ3n) is 3.77. The third-order valence-corrected chi connectivity index (χ3v) is 4.68. The molecule has 5 heteroatoms. The minimum absolute atomic E-state index is 0.214. The molecule has 0 fully saturated rings. The molecule has 21 heavy (non-hydrogen) atoms. The number of benzene rings is 1. The van der Waals surface area contributed by atoms with E-state index in [1.807, 2.05) is 13.0 Å². The van der Waals surface area contributed by atoms with Crippen LogP contribution in [0.4, 0.5) is 5.69 Å². The fraction of sp³-hybridized carbons (Fsp3) is 0.250. The highest BCUT2D eigenvalue weighted by Gasteiger charge is 2.50. The van der Waals surface area contributed by atoms with Gasteiger partial charge in [-0.3, -0.25) is 9.59 Å². The number of hydrogen-bond donors (Lipinski definition) is 1. The number of amides is 1. The number of fused-ring (bicyclic) bond motifs is 1. The van der Waals surface area contributed by atoms with Gasteiger partial charge >= 0.3 is 0 Å². The van der Waals surface area contributed by atoms with Crippen molar-refractivity contribution < 1.29 is 14.7 Å². The highest BCUT2D eigenvalue weighted by Crippen LogP contribution is 2.42. The first-order valence-electron chi connectivity index (χ1n) is 6.78. The summed E-state index contributed by atoms with van der Waals surface area (Å²) in [6, 6.07) is 10.6. The topological polar surface area (TPSA) is 57.6 Å². The highest BCUT2D eigenvalue weighted by molar-refractivity contribution is 7.12. The summed E-state index contributed by atoms with van der Waals surface area (Å²) in [5.41, 5.74) is -0.554. The van der Waals surface area contributed by atoms with Crippen molar-refractivity contribution in [1.82, 2.24) is 0 Å². The van der Waals surface area contributed by atoms with Crippen molar-refractivity contribution in [2.75, 3.05) is 11.4 Å². The highest BCUT2D eigenvalue weighted by atomic mass is 32.1. The summed E-state index contributed by atoms with van der Waals surface area (Å²) >= 11 is 1.32. The van der Waals surface area contributed by atoms with Crippen LogP contribution >= 0.6 is 11.3 Å². The van der Waals surface area contributed by atoms with Crippen LogP contribution in [0.1, 0.15) is 28.6 Å². The SMILES string of the molecule is CCN1C(=O)[C@@](O)(CC(=O)c2cccs2)c2ccccc21. The van der Waals surface area contributed by atoms with Gasteiger partial charge in [0.25, 0.3) is 5.91 Å². The smallest absolute Gasteiger partial charge is 0.264 e. The van der Waals surface area contributed by atoms with Crippen LogP contribution < -0.4 is 4.90 Å². The Morgan fingerprint density at radius 3 is 2.71 bits per heavy atom. The van der Waals surface area contributed by atoms with Gasteiger partial charge in [-0.2, -0.15) is 0 Å². The summed E-state index contributed by atoms with van der Waals surface area (Å²) < 4.78 is 0. The average Bonchev–Trinajstić information content (AvgIpc) is 3.08. The number of nitrogens with zero attached hydrogens (tertiary/aromatic N) is 1. The zero-order valence-corrected chi connectivity index (χ0v) is 12.4. The van der Waals surface area contributed by atoms with Crippen molar-refractivity contribution in [2.24, 2.45) is 0 Å². The van der Waals surface area contributed by atoms with Crippen LogP contribution in [0.15, 0.2) is 41.8 Å². The number of para-hydroxylation sites is 1. The number of rotatable bonds is 4. The number of aliphatic hydroxyl groups is 1. The van der Waals surface area contributed by atoms with E-state index in [4.69, 9.17) is 0 Å². The average molecular weight is 301 g/mol. The predicted molar refractivity (Wildman–Crippen MR) is 81.6 cm³/mol. The molecule has 0 saturated heterocycles. The van der Waals surface area contributed by atoms with Gasteiger partial charge < -0.3 is 10.0 Å². The molecule has 0 saturated carbocycles. The van der Waals surface area contributed by atoms with E-state index in [1.165, 1.54) is 16.2 Å². The summed E-state index contributed by atoms with van der Waals surface area (Å²) in [6.07, 6.45) is -0.222. The number of likely N-dealkylation sites (N-methyl/N-ethyl adjacent to an activating group) is 1. The molecule has 2 aromatic rings. The van der Waals surface area contributed by atoms with Gasteiger partial charge in [0.15, 0.2) is 11.4 Å². The molecule has 3 rings (SSSR count). The van der Waals surface area contributed by atoms with Gasteiger partial charge in [0.05, 0.1) is 17.0 Å². The van der Waals surface area contributed by atoms with Gasteiger partial charge in [0.1, 0.15) is 0 Å². The molecule has 0 spiro atoms. The number of anilines is 1. The Labute approximate surface area is 126 Å². The van der Waals surface area contributed by atoms with Gasteiger partial charge in [-0.15, -0.1) is 11.3 Å². The van der Waals surface area contributed by atoms with Gasteiger partial charge in [0.2, 0.25) is 0 Å². The maximum atomic E-state index is 12.5. The lowest BCUT2D eigenvalue weighted by atomic mass is 9.89. The molecule has 0 unspecified atom stereocenters. The molecule has 2 heterocycles. The van der Waals surface area contributed by atoms with Gasteiger partial charge in [-0.1, -0.05) is 24.3 Å². The lowest BCUT2D eigenvalue weighted by molar-refractivity contribution is -0.135. The second-order valence-electron chi connectivity index (χ2n) is 5.00. The molecular formula is C16H15NO3S. The van der Waals surface area contributed by atoms with Crippen LogP contribution in [0, 0.1) is 0 Å². The van der Waals surface area contributed by atoms with Crippen LogP contribution in [0.25, 0.3) is 0 Å². The molecule has 1 atom stereocenters. The van der Waals surface area contributed by atoms with E-state index in [-0.39, 0.29) is 12.2 Å². The fourth-order valence-corrected chi connectivity index (χ4v) is 3.41. The van der Waals surface area contributed by atoms with Crippen LogP contribution in [0.3, 0.4) is 0 Å². The maximum Gasteiger partial charge on any atom is 0.264 e. The lowest BCUT2D eigenvalue weighted by Crippen LogP contribution is -2.41. The van der Waals surface area contributed by atoms with E-state index in [0.29, 0.717) is 22.7 Å². The Morgan fingerprint density at radius 1 is 1.29 bits per heavy atom. The van der Waals surface area contributed by atoms with Crippen LogP contribution in [-0.2, 0) is 10.4 Å². The molecule has 1 N–H and O–H groups in total. The first-order valence-corrected chi connectivity index (χ1v) is 7.66. The predicted octanol–water partition coefficient (Wildman–Crippen LogP) is 2.58. The monoisotopic (exact) mass is 301 g/mol. The minimum Gasteiger partial charge on any atom is -0.375 e. The van der Waals surface area contributed by atoms with E-state index >= 15 is 0 Å². The van der Waals surface area contributed by atoms with Crippen molar-refractivity contribution in [1.29, 1.82) is 0 Å². The first kappa shape index (κ1) is 14.0. The number of carbonyl (C=O) groups excluding carboxylic acids is 2. The van der Waals surface area contributed by atoms with Crippen molar-refractivity contribution >= 4 is 28.7 Å². The molecular weight excluding hydrogens is 286 g/mol. The minimum atomic E-state index is -1.76. The molecule has 1 amide bonds. The summed E-state index contributed by atoms with van der Waals surface area (Å²) in [5.74, 6) is -0.635. The normalized spacial score (nSPS) is 20.7. The number of ketones is 1. The first-order chi connectivity index (χ1) is 10.1. The number of thiophene rings is 1. The van der Waals surface area contributed by atoms with Crippen molar-refractivity contribution in [3.8, 4) is 0 Å². The molecule has 4 nitrogen and oxygen atoms in total. The molecule has 1 aromatic carbocycles. The second kappa shape index (κ2) is 5.09. The molecule has 0 aliphatic carbocycles. The number of Topliss-reactive ketones (excluding diaryl/α,β-unsaturated/α-hetero) is 1. The van der Waals surface area contributed by atoms with E-state index < -0.39 is 11.5 Å². The van der Waals surface area contributed by atoms with Gasteiger partial charge in [-0.25, -0.2) is 0 Å². The number of hydrogen-bond acceptors (Lipinski definition) is 4. The van der Waals surface area contributed by atoms with Gasteiger partial charge in [-0.05, 0) is 24.4 Å². The summed E-state index contributed by atoms with van der Waals surface area (Å²) in [7, 11) is 0. The summed E-state index contributed by atoms with van der Waals surface area (Å²) in [6.45, 7) is 2.31. The Kier molecular flexibility index (Phi) is 3.39. The zero-order chi connectivity index (χ0) is 15.0. The number of carbonyl (C=O) groups is 2. The van der Waals surface area contributed by atoms with Crippen LogP contribution in [0.5, 0.6) is 0 Å². The molecule has 0 radical (unpaired) electrons. The summed E-state index contributed by atoms with van der Waals surface area (Å²) in [5, 5.41) is 12.7. The van der Waals surface area contributed by atoms with Gasteiger partial charge in [0, 0.05) is 12.1 Å². The molecule has 1 aliphatic heterocycles. The Balaban J connectivity index is 2.00. The molecule has 0 bridgehead atoms.